The largest absolute Gasteiger partial charge is 0.506 e. The quantitative estimate of drug-likeness (QED) is 0.549. The van der Waals surface area contributed by atoms with E-state index in [4.69, 9.17) is 16.7 Å². The van der Waals surface area contributed by atoms with Gasteiger partial charge >= 0.3 is 0 Å². The van der Waals surface area contributed by atoms with Gasteiger partial charge in [-0.1, -0.05) is 42.5 Å². The number of aryl methyl sites for hydroxylation is 1. The molecule has 0 fully saturated rings. The number of nitrogens with one attached hydrogen (secondary N) is 1. The number of benzene rings is 2. The van der Waals surface area contributed by atoms with E-state index in [2.05, 4.69) is 17.2 Å². The first-order valence-electron chi connectivity index (χ1n) is 9.47. The third-order valence-electron chi connectivity index (χ3n) is 4.54. The Kier molecular flexibility index (Phi) is 6.78. The van der Waals surface area contributed by atoms with Crippen molar-refractivity contribution in [1.29, 1.82) is 0 Å². The van der Waals surface area contributed by atoms with Crippen LogP contribution in [0.3, 0.4) is 0 Å². The highest BCUT2D eigenvalue weighted by Crippen LogP contribution is 2.25. The Bertz CT molecular complexity index is 1200. The van der Waals surface area contributed by atoms with Crippen LogP contribution in [0.25, 0.3) is 10.9 Å². The summed E-state index contributed by atoms with van der Waals surface area (Å²) in [5.74, 6) is 4.57. The molecule has 0 saturated carbocycles. The Morgan fingerprint density at radius 3 is 2.63 bits per heavy atom. The maximum Gasteiger partial charge on any atom is 0.257 e. The van der Waals surface area contributed by atoms with Gasteiger partial charge in [0.25, 0.3) is 5.91 Å². The molecule has 1 amide bonds. The lowest BCUT2D eigenvalue weighted by Crippen LogP contribution is -2.29. The average Bonchev–Trinajstić information content (AvgIpc) is 2.73. The Hall–Kier alpha value is -3.27. The predicted octanol–water partition coefficient (Wildman–Crippen LogP) is 3.04. The first kappa shape index (κ1) is 21.4. The van der Waals surface area contributed by atoms with E-state index in [1.54, 1.807) is 28.8 Å². The maximum absolute atomic E-state index is 13.1. The summed E-state index contributed by atoms with van der Waals surface area (Å²) in [5, 5.41) is 22.9. The van der Waals surface area contributed by atoms with Gasteiger partial charge in [-0.15, -0.1) is 0 Å². The summed E-state index contributed by atoms with van der Waals surface area (Å²) in [4.78, 5) is 25.8. The Balaban J connectivity index is 2.04. The topological polar surface area (TPSA) is 91.6 Å². The highest BCUT2D eigenvalue weighted by molar-refractivity contribution is 6.30. The standard InChI is InChI=1S/C23H21ClN2O4/c1-2-9-26-14-19(23(30)25-13-15-5-7-17(24)8-6-15)22(29)18-11-16(4-3-10-27)12-20(28)21(18)26/h5-8,11-12,14,27-28H,2,9-10,13H2,1H3,(H,25,30). The zero-order valence-electron chi connectivity index (χ0n) is 16.4. The van der Waals surface area contributed by atoms with Crippen LogP contribution in [-0.2, 0) is 13.1 Å². The minimum Gasteiger partial charge on any atom is -0.506 e. The number of aliphatic hydroxyl groups excluding tert-OH is 1. The second kappa shape index (κ2) is 9.49. The SMILES string of the molecule is CCCn1cc(C(=O)NCc2ccc(Cl)cc2)c(=O)c2cc(C#CCO)cc(O)c21. The number of phenolic OH excluding ortho intramolecular Hbond substituents is 1. The first-order valence-corrected chi connectivity index (χ1v) is 9.85. The van der Waals surface area contributed by atoms with Gasteiger partial charge < -0.3 is 20.1 Å². The molecule has 0 atom stereocenters. The lowest BCUT2D eigenvalue weighted by molar-refractivity contribution is 0.0949. The molecule has 0 bridgehead atoms. The molecule has 0 spiro atoms. The van der Waals surface area contributed by atoms with Crippen LogP contribution in [0, 0.1) is 11.8 Å². The number of hydrogen-bond acceptors (Lipinski definition) is 4. The van der Waals surface area contributed by atoms with Crippen molar-refractivity contribution in [3.05, 3.63) is 74.5 Å². The van der Waals surface area contributed by atoms with Gasteiger partial charge in [0.05, 0.1) is 10.9 Å². The Morgan fingerprint density at radius 1 is 1.23 bits per heavy atom. The van der Waals surface area contributed by atoms with Crippen LogP contribution in [0.2, 0.25) is 5.02 Å². The average molecular weight is 425 g/mol. The molecule has 0 radical (unpaired) electrons. The lowest BCUT2D eigenvalue weighted by atomic mass is 10.1. The number of nitrogens with zero attached hydrogens (tertiary/aromatic N) is 1. The lowest BCUT2D eigenvalue weighted by Gasteiger charge is -2.14. The summed E-state index contributed by atoms with van der Waals surface area (Å²) >= 11 is 5.88. The number of rotatable bonds is 5. The van der Waals surface area contributed by atoms with Crippen molar-refractivity contribution in [2.45, 2.75) is 26.4 Å². The maximum atomic E-state index is 13.1. The monoisotopic (exact) mass is 424 g/mol. The summed E-state index contributed by atoms with van der Waals surface area (Å²) in [5.41, 5.74) is 1.07. The molecule has 3 aromatic rings. The van der Waals surface area contributed by atoms with Crippen molar-refractivity contribution < 1.29 is 15.0 Å². The van der Waals surface area contributed by atoms with E-state index < -0.39 is 11.3 Å². The molecule has 0 aliphatic rings. The number of halogens is 1. The van der Waals surface area contributed by atoms with Crippen molar-refractivity contribution in [2.24, 2.45) is 0 Å². The minimum absolute atomic E-state index is 0.0171. The van der Waals surface area contributed by atoms with Crippen LogP contribution in [0.1, 0.15) is 34.8 Å². The third-order valence-corrected chi connectivity index (χ3v) is 4.79. The molecule has 0 unspecified atom stereocenters. The fraction of sp³-hybridized carbons (Fsp3) is 0.217. The van der Waals surface area contributed by atoms with Gasteiger partial charge in [-0.3, -0.25) is 9.59 Å². The van der Waals surface area contributed by atoms with Gasteiger partial charge in [0.1, 0.15) is 17.9 Å². The summed E-state index contributed by atoms with van der Waals surface area (Å²) in [7, 11) is 0. The van der Waals surface area contributed by atoms with Crippen LogP contribution in [0.15, 0.2) is 47.4 Å². The third kappa shape index (κ3) is 4.65. The Morgan fingerprint density at radius 2 is 1.97 bits per heavy atom. The van der Waals surface area contributed by atoms with Crippen LogP contribution in [0.5, 0.6) is 5.75 Å². The normalized spacial score (nSPS) is 10.5. The fourth-order valence-electron chi connectivity index (χ4n) is 3.19. The Labute approximate surface area is 178 Å². The molecule has 0 aliphatic heterocycles. The van der Waals surface area contributed by atoms with Crippen molar-refractivity contribution in [3.8, 4) is 17.6 Å². The van der Waals surface area contributed by atoms with Crippen LogP contribution in [-0.4, -0.2) is 27.3 Å². The molecule has 0 aliphatic carbocycles. The zero-order valence-corrected chi connectivity index (χ0v) is 17.2. The van der Waals surface area contributed by atoms with Gasteiger partial charge in [-0.05, 0) is 36.2 Å². The summed E-state index contributed by atoms with van der Waals surface area (Å²) < 4.78 is 1.70. The number of pyridine rings is 1. The molecular weight excluding hydrogens is 404 g/mol. The highest BCUT2D eigenvalue weighted by Gasteiger charge is 2.18. The summed E-state index contributed by atoms with van der Waals surface area (Å²) in [6.45, 7) is 2.38. The predicted molar refractivity (Wildman–Crippen MR) is 117 cm³/mol. The van der Waals surface area contributed by atoms with E-state index in [1.807, 2.05) is 6.92 Å². The zero-order chi connectivity index (χ0) is 21.7. The number of amides is 1. The van der Waals surface area contributed by atoms with Crippen LogP contribution >= 0.6 is 11.6 Å². The second-order valence-corrected chi connectivity index (χ2v) is 7.16. The number of aromatic hydroxyl groups is 1. The van der Waals surface area contributed by atoms with Crippen molar-refractivity contribution in [2.75, 3.05) is 6.61 Å². The molecule has 6 nitrogen and oxygen atoms in total. The van der Waals surface area contributed by atoms with Gasteiger partial charge in [0.2, 0.25) is 5.43 Å². The van der Waals surface area contributed by atoms with Gasteiger partial charge in [0.15, 0.2) is 0 Å². The summed E-state index contributed by atoms with van der Waals surface area (Å²) in [6.07, 6.45) is 2.22. The number of aromatic nitrogens is 1. The van der Waals surface area contributed by atoms with Gasteiger partial charge in [0, 0.05) is 29.9 Å². The number of carbonyl (C=O) groups is 1. The fourth-order valence-corrected chi connectivity index (χ4v) is 3.32. The molecule has 0 saturated heterocycles. The van der Waals surface area contributed by atoms with Gasteiger partial charge in [-0.2, -0.15) is 0 Å². The number of fused-ring (bicyclic) bond motifs is 1. The number of aliphatic hydroxyl groups is 1. The molecule has 7 heteroatoms. The van der Waals surface area contributed by atoms with E-state index in [0.29, 0.717) is 22.6 Å². The molecule has 3 N–H and O–H groups in total. The van der Waals surface area contributed by atoms with Gasteiger partial charge in [-0.25, -0.2) is 0 Å². The first-order chi connectivity index (χ1) is 14.4. The second-order valence-electron chi connectivity index (χ2n) is 6.73. The van der Waals surface area contributed by atoms with Crippen molar-refractivity contribution in [3.63, 3.8) is 0 Å². The van der Waals surface area contributed by atoms with E-state index in [1.165, 1.54) is 18.3 Å². The van der Waals surface area contributed by atoms with Crippen LogP contribution < -0.4 is 10.7 Å². The smallest absolute Gasteiger partial charge is 0.257 e. The number of carbonyl (C=O) groups excluding carboxylic acids is 1. The molecule has 1 heterocycles. The molecule has 3 rings (SSSR count). The molecule has 30 heavy (non-hydrogen) atoms. The number of hydrogen-bond donors (Lipinski definition) is 3. The van der Waals surface area contributed by atoms with Crippen molar-refractivity contribution >= 4 is 28.4 Å². The molecule has 1 aromatic heterocycles. The van der Waals surface area contributed by atoms with Crippen molar-refractivity contribution in [1.82, 2.24) is 9.88 Å². The van der Waals surface area contributed by atoms with E-state index in [0.717, 1.165) is 12.0 Å². The van der Waals surface area contributed by atoms with E-state index in [-0.39, 0.29) is 29.9 Å². The highest BCUT2D eigenvalue weighted by atomic mass is 35.5. The molecular formula is C23H21ClN2O4. The minimum atomic E-state index is -0.506. The molecule has 154 valence electrons. The summed E-state index contributed by atoms with van der Waals surface area (Å²) in [6, 6.07) is 10.0. The number of phenols is 1. The van der Waals surface area contributed by atoms with Crippen LogP contribution in [0.4, 0.5) is 0 Å². The van der Waals surface area contributed by atoms with E-state index >= 15 is 0 Å². The van der Waals surface area contributed by atoms with E-state index in [9.17, 15) is 14.7 Å². The molecule has 2 aromatic carbocycles.